The van der Waals surface area contributed by atoms with Crippen molar-refractivity contribution in [2.75, 3.05) is 0 Å². The van der Waals surface area contributed by atoms with Crippen LogP contribution in [0.25, 0.3) is 0 Å². The molecule has 2 atom stereocenters. The van der Waals surface area contributed by atoms with Crippen LogP contribution in [0.5, 0.6) is 0 Å². The van der Waals surface area contributed by atoms with Gasteiger partial charge in [-0.05, 0) is 32.1 Å². The van der Waals surface area contributed by atoms with Gasteiger partial charge in [-0.1, -0.05) is 20.8 Å². The van der Waals surface area contributed by atoms with Crippen LogP contribution in [0.15, 0.2) is 0 Å². The molecule has 1 fully saturated rings. The van der Waals surface area contributed by atoms with Gasteiger partial charge >= 0.3 is 5.97 Å². The topological polar surface area (TPSA) is 59.2 Å². The average Bonchev–Trinajstić information content (AvgIpc) is 2.54. The molecule has 15 heavy (non-hydrogen) atoms. The lowest BCUT2D eigenvalue weighted by Crippen LogP contribution is -2.23. The number of hydrogen-bond acceptors (Lipinski definition) is 2. The molecule has 3 heteroatoms. The van der Waals surface area contributed by atoms with E-state index >= 15 is 0 Å². The molecule has 0 amide bonds. The minimum Gasteiger partial charge on any atom is -0.481 e. The van der Waals surface area contributed by atoms with Crippen LogP contribution in [0.3, 0.4) is 0 Å². The Morgan fingerprint density at radius 1 is 1.47 bits per heavy atom. The summed E-state index contributed by atoms with van der Waals surface area (Å²) in [6.45, 7) is 10.5. The maximum absolute atomic E-state index is 11.1. The van der Waals surface area contributed by atoms with Gasteiger partial charge in [0.15, 0.2) is 0 Å². The SMILES string of the molecule is CC(C)(C)CC(CC1NC1(C)C)C(=O)O. The highest BCUT2D eigenvalue weighted by Crippen LogP contribution is 2.34. The van der Waals surface area contributed by atoms with Crippen LogP contribution in [-0.2, 0) is 4.79 Å². The van der Waals surface area contributed by atoms with Crippen molar-refractivity contribution >= 4 is 5.97 Å². The standard InChI is InChI=1S/C12H23NO2/c1-11(2,3)7-8(10(14)15)6-9-12(4,5)13-9/h8-9,13H,6-7H2,1-5H3,(H,14,15). The van der Waals surface area contributed by atoms with E-state index in [1.54, 1.807) is 0 Å². The van der Waals surface area contributed by atoms with Crippen molar-refractivity contribution < 1.29 is 9.90 Å². The Balaban J connectivity index is 2.49. The molecule has 0 aromatic heterocycles. The first-order valence-corrected chi connectivity index (χ1v) is 5.62. The fourth-order valence-electron chi connectivity index (χ4n) is 2.06. The quantitative estimate of drug-likeness (QED) is 0.704. The second-order valence-corrected chi connectivity index (χ2v) is 6.45. The highest BCUT2D eigenvalue weighted by atomic mass is 16.4. The number of hydrogen-bond donors (Lipinski definition) is 2. The van der Waals surface area contributed by atoms with E-state index in [1.807, 2.05) is 0 Å². The van der Waals surface area contributed by atoms with Crippen LogP contribution in [0.4, 0.5) is 0 Å². The molecule has 1 rings (SSSR count). The maximum Gasteiger partial charge on any atom is 0.306 e. The average molecular weight is 213 g/mol. The molecule has 0 radical (unpaired) electrons. The third-order valence-electron chi connectivity index (χ3n) is 3.06. The molecule has 1 aliphatic rings. The Morgan fingerprint density at radius 2 is 1.93 bits per heavy atom. The lowest BCUT2D eigenvalue weighted by molar-refractivity contribution is -0.143. The summed E-state index contributed by atoms with van der Waals surface area (Å²) in [5.41, 5.74) is 0.230. The first kappa shape index (κ1) is 12.5. The summed E-state index contributed by atoms with van der Waals surface area (Å²) >= 11 is 0. The van der Waals surface area contributed by atoms with Crippen molar-refractivity contribution in [3.05, 3.63) is 0 Å². The Labute approximate surface area is 92.3 Å². The molecule has 1 saturated heterocycles. The third kappa shape index (κ3) is 3.82. The predicted molar refractivity (Wildman–Crippen MR) is 60.8 cm³/mol. The molecular formula is C12H23NO2. The van der Waals surface area contributed by atoms with Gasteiger partial charge in [0, 0.05) is 11.6 Å². The Bertz CT molecular complexity index is 253. The monoisotopic (exact) mass is 213 g/mol. The van der Waals surface area contributed by atoms with Crippen LogP contribution in [0.2, 0.25) is 0 Å². The van der Waals surface area contributed by atoms with Crippen LogP contribution in [-0.4, -0.2) is 22.7 Å². The van der Waals surface area contributed by atoms with E-state index < -0.39 is 5.97 Å². The number of rotatable bonds is 4. The highest BCUT2D eigenvalue weighted by Gasteiger charge is 2.46. The van der Waals surface area contributed by atoms with E-state index in [4.69, 9.17) is 5.11 Å². The number of carboxylic acids is 1. The van der Waals surface area contributed by atoms with Gasteiger partial charge < -0.3 is 10.4 Å². The van der Waals surface area contributed by atoms with Gasteiger partial charge in [0.2, 0.25) is 0 Å². The van der Waals surface area contributed by atoms with Gasteiger partial charge in [-0.2, -0.15) is 0 Å². The second-order valence-electron chi connectivity index (χ2n) is 6.45. The van der Waals surface area contributed by atoms with Crippen molar-refractivity contribution in [3.8, 4) is 0 Å². The second kappa shape index (κ2) is 3.78. The van der Waals surface area contributed by atoms with Gasteiger partial charge in [-0.25, -0.2) is 0 Å². The smallest absolute Gasteiger partial charge is 0.306 e. The molecule has 0 saturated carbocycles. The van der Waals surface area contributed by atoms with E-state index in [-0.39, 0.29) is 16.9 Å². The van der Waals surface area contributed by atoms with Crippen LogP contribution < -0.4 is 5.32 Å². The normalized spacial score (nSPS) is 26.1. The van der Waals surface area contributed by atoms with Gasteiger partial charge in [0.1, 0.15) is 0 Å². The summed E-state index contributed by atoms with van der Waals surface area (Å²) in [6, 6.07) is 0.376. The van der Waals surface area contributed by atoms with Crippen LogP contribution in [0, 0.1) is 11.3 Å². The predicted octanol–water partition coefficient (Wildman–Crippen LogP) is 2.26. The molecule has 0 aliphatic carbocycles. The molecule has 1 aliphatic heterocycles. The number of aliphatic carboxylic acids is 1. The molecule has 3 nitrogen and oxygen atoms in total. The summed E-state index contributed by atoms with van der Waals surface area (Å²) in [5, 5.41) is 12.5. The van der Waals surface area contributed by atoms with E-state index in [1.165, 1.54) is 0 Å². The van der Waals surface area contributed by atoms with Gasteiger partial charge in [0.05, 0.1) is 5.92 Å². The van der Waals surface area contributed by atoms with E-state index in [0.29, 0.717) is 6.04 Å². The van der Waals surface area contributed by atoms with E-state index in [0.717, 1.165) is 12.8 Å². The maximum atomic E-state index is 11.1. The van der Waals surface area contributed by atoms with Gasteiger partial charge in [-0.15, -0.1) is 0 Å². The lowest BCUT2D eigenvalue weighted by Gasteiger charge is -2.23. The summed E-state index contributed by atoms with van der Waals surface area (Å²) in [4.78, 5) is 11.1. The Hall–Kier alpha value is -0.570. The molecule has 0 aromatic rings. The lowest BCUT2D eigenvalue weighted by atomic mass is 9.82. The molecule has 0 spiro atoms. The molecule has 88 valence electrons. The number of carboxylic acid groups (broad SMARTS) is 1. The fraction of sp³-hybridized carbons (Fsp3) is 0.917. The van der Waals surface area contributed by atoms with E-state index in [2.05, 4.69) is 39.9 Å². The van der Waals surface area contributed by atoms with Crippen LogP contribution >= 0.6 is 0 Å². The largest absolute Gasteiger partial charge is 0.481 e. The number of nitrogens with one attached hydrogen (secondary N) is 1. The summed E-state index contributed by atoms with van der Waals surface area (Å²) in [7, 11) is 0. The minimum absolute atomic E-state index is 0.0854. The summed E-state index contributed by atoms with van der Waals surface area (Å²) < 4.78 is 0. The van der Waals surface area contributed by atoms with Crippen molar-refractivity contribution in [1.29, 1.82) is 0 Å². The first-order chi connectivity index (χ1) is 6.62. The van der Waals surface area contributed by atoms with Crippen molar-refractivity contribution in [2.45, 2.75) is 59.0 Å². The molecule has 0 bridgehead atoms. The molecule has 0 aromatic carbocycles. The zero-order valence-corrected chi connectivity index (χ0v) is 10.4. The zero-order chi connectivity index (χ0) is 11.9. The molecule has 1 heterocycles. The van der Waals surface area contributed by atoms with Gasteiger partial charge in [0.25, 0.3) is 0 Å². The Morgan fingerprint density at radius 3 is 2.20 bits per heavy atom. The van der Waals surface area contributed by atoms with Gasteiger partial charge in [-0.3, -0.25) is 4.79 Å². The highest BCUT2D eigenvalue weighted by molar-refractivity contribution is 5.70. The third-order valence-corrected chi connectivity index (χ3v) is 3.06. The molecule has 2 unspecified atom stereocenters. The molecular weight excluding hydrogens is 190 g/mol. The zero-order valence-electron chi connectivity index (χ0n) is 10.4. The van der Waals surface area contributed by atoms with Crippen molar-refractivity contribution in [2.24, 2.45) is 11.3 Å². The minimum atomic E-state index is -0.658. The fourth-order valence-corrected chi connectivity index (χ4v) is 2.06. The Kier molecular flexibility index (Phi) is 3.15. The molecule has 2 N–H and O–H groups in total. The van der Waals surface area contributed by atoms with Crippen molar-refractivity contribution in [3.63, 3.8) is 0 Å². The van der Waals surface area contributed by atoms with E-state index in [9.17, 15) is 4.79 Å². The summed E-state index contributed by atoms with van der Waals surface area (Å²) in [6.07, 6.45) is 1.50. The number of carbonyl (C=O) groups is 1. The van der Waals surface area contributed by atoms with Crippen LogP contribution in [0.1, 0.15) is 47.5 Å². The van der Waals surface area contributed by atoms with Crippen molar-refractivity contribution in [1.82, 2.24) is 5.32 Å². The first-order valence-electron chi connectivity index (χ1n) is 5.62. The summed E-state index contributed by atoms with van der Waals surface area (Å²) in [5.74, 6) is -0.876.